The highest BCUT2D eigenvalue weighted by Crippen LogP contribution is 2.38. The molecule has 3 nitrogen and oxygen atoms in total. The summed E-state index contributed by atoms with van der Waals surface area (Å²) in [5.74, 6) is 0.222. The molecule has 0 heterocycles. The second-order valence-corrected chi connectivity index (χ2v) is 3.95. The van der Waals surface area contributed by atoms with Gasteiger partial charge in [-0.25, -0.2) is 4.39 Å². The maximum atomic E-state index is 13.5. The van der Waals surface area contributed by atoms with E-state index in [1.807, 2.05) is 0 Å². The molecule has 0 amide bonds. The first-order valence-corrected chi connectivity index (χ1v) is 5.30. The van der Waals surface area contributed by atoms with Gasteiger partial charge in [0, 0.05) is 0 Å². The van der Waals surface area contributed by atoms with Gasteiger partial charge < -0.3 is 15.6 Å². The average Bonchev–Trinajstić information content (AvgIpc) is 2.22. The molecule has 84 valence electrons. The number of methoxy groups -OCH3 is 1. The Hall–Kier alpha value is -0.810. The van der Waals surface area contributed by atoms with Crippen LogP contribution < -0.4 is 10.5 Å². The van der Waals surface area contributed by atoms with E-state index in [0.717, 1.165) is 0 Å². The van der Waals surface area contributed by atoms with Crippen LogP contribution in [0.4, 0.5) is 4.39 Å². The Morgan fingerprint density at radius 2 is 2.27 bits per heavy atom. The Bertz CT molecular complexity index is 346. The number of phenolic OH excluding ortho intramolecular Hbond substituents is 1. The second kappa shape index (κ2) is 5.32. The minimum Gasteiger partial charge on any atom is -0.503 e. The highest BCUT2D eigenvalue weighted by Gasteiger charge is 2.14. The summed E-state index contributed by atoms with van der Waals surface area (Å²) in [6, 6.07) is 3.00. The number of benzene rings is 1. The van der Waals surface area contributed by atoms with Crippen molar-refractivity contribution in [2.24, 2.45) is 5.73 Å². The SMILES string of the molecule is COc1cc(C(F)CCN)cc(Br)c1O. The van der Waals surface area contributed by atoms with Crippen LogP contribution in [0, 0.1) is 0 Å². The topological polar surface area (TPSA) is 55.5 Å². The lowest BCUT2D eigenvalue weighted by molar-refractivity contribution is 0.323. The van der Waals surface area contributed by atoms with E-state index < -0.39 is 6.17 Å². The van der Waals surface area contributed by atoms with Crippen molar-refractivity contribution in [1.29, 1.82) is 0 Å². The number of aromatic hydroxyl groups is 1. The molecule has 0 bridgehead atoms. The van der Waals surface area contributed by atoms with E-state index in [9.17, 15) is 9.50 Å². The molecule has 0 saturated carbocycles. The summed E-state index contributed by atoms with van der Waals surface area (Å²) in [4.78, 5) is 0. The van der Waals surface area contributed by atoms with E-state index in [2.05, 4.69) is 15.9 Å². The van der Waals surface area contributed by atoms with E-state index >= 15 is 0 Å². The third-order valence-corrected chi connectivity index (χ3v) is 2.66. The van der Waals surface area contributed by atoms with Crippen LogP contribution in [-0.2, 0) is 0 Å². The molecular formula is C10H13BrFNO2. The van der Waals surface area contributed by atoms with Gasteiger partial charge >= 0.3 is 0 Å². The summed E-state index contributed by atoms with van der Waals surface area (Å²) in [5.41, 5.74) is 5.72. The van der Waals surface area contributed by atoms with E-state index in [-0.39, 0.29) is 24.5 Å². The first kappa shape index (κ1) is 12.3. The van der Waals surface area contributed by atoms with Gasteiger partial charge in [0.15, 0.2) is 11.5 Å². The van der Waals surface area contributed by atoms with Crippen molar-refractivity contribution in [1.82, 2.24) is 0 Å². The first-order chi connectivity index (χ1) is 7.10. The molecule has 0 aromatic heterocycles. The predicted octanol–water partition coefficient (Wildman–Crippen LogP) is 2.52. The van der Waals surface area contributed by atoms with Crippen LogP contribution in [0.5, 0.6) is 11.5 Å². The summed E-state index contributed by atoms with van der Waals surface area (Å²) in [7, 11) is 1.42. The van der Waals surface area contributed by atoms with Crippen LogP contribution in [0.3, 0.4) is 0 Å². The Morgan fingerprint density at radius 1 is 1.60 bits per heavy atom. The fourth-order valence-electron chi connectivity index (χ4n) is 1.24. The molecule has 1 aromatic carbocycles. The highest BCUT2D eigenvalue weighted by molar-refractivity contribution is 9.10. The molecule has 5 heteroatoms. The third kappa shape index (κ3) is 2.82. The van der Waals surface area contributed by atoms with Crippen molar-refractivity contribution in [2.75, 3.05) is 13.7 Å². The van der Waals surface area contributed by atoms with Crippen LogP contribution in [0.25, 0.3) is 0 Å². The summed E-state index contributed by atoms with van der Waals surface area (Å²) in [6.45, 7) is 0.280. The number of rotatable bonds is 4. The first-order valence-electron chi connectivity index (χ1n) is 4.50. The van der Waals surface area contributed by atoms with Crippen LogP contribution in [0.15, 0.2) is 16.6 Å². The number of alkyl halides is 1. The van der Waals surface area contributed by atoms with Gasteiger partial charge in [-0.05, 0) is 46.6 Å². The maximum Gasteiger partial charge on any atom is 0.172 e. The molecule has 0 aliphatic heterocycles. The molecule has 0 fully saturated rings. The molecule has 1 rings (SSSR count). The largest absolute Gasteiger partial charge is 0.503 e. The maximum absolute atomic E-state index is 13.5. The van der Waals surface area contributed by atoms with Crippen molar-refractivity contribution in [2.45, 2.75) is 12.6 Å². The lowest BCUT2D eigenvalue weighted by atomic mass is 10.1. The molecule has 3 N–H and O–H groups in total. The van der Waals surface area contributed by atoms with Gasteiger partial charge in [0.05, 0.1) is 11.6 Å². The van der Waals surface area contributed by atoms with Gasteiger partial charge in [-0.15, -0.1) is 0 Å². The zero-order valence-corrected chi connectivity index (χ0v) is 9.92. The van der Waals surface area contributed by atoms with Crippen LogP contribution >= 0.6 is 15.9 Å². The number of halogens is 2. The average molecular weight is 278 g/mol. The lowest BCUT2D eigenvalue weighted by Gasteiger charge is -2.11. The van der Waals surface area contributed by atoms with Crippen molar-refractivity contribution < 1.29 is 14.2 Å². The molecule has 0 aliphatic carbocycles. The minimum atomic E-state index is -1.14. The zero-order valence-electron chi connectivity index (χ0n) is 8.34. The molecule has 0 radical (unpaired) electrons. The summed E-state index contributed by atoms with van der Waals surface area (Å²) in [5, 5.41) is 9.51. The van der Waals surface area contributed by atoms with E-state index in [1.165, 1.54) is 19.2 Å². The number of hydrogen-bond acceptors (Lipinski definition) is 3. The number of ether oxygens (including phenoxy) is 1. The third-order valence-electron chi connectivity index (χ3n) is 2.05. The van der Waals surface area contributed by atoms with Crippen LogP contribution in [0.1, 0.15) is 18.2 Å². The van der Waals surface area contributed by atoms with E-state index in [0.29, 0.717) is 10.0 Å². The highest BCUT2D eigenvalue weighted by atomic mass is 79.9. The van der Waals surface area contributed by atoms with Gasteiger partial charge in [-0.1, -0.05) is 0 Å². The fraction of sp³-hybridized carbons (Fsp3) is 0.400. The van der Waals surface area contributed by atoms with Crippen molar-refractivity contribution in [3.05, 3.63) is 22.2 Å². The fourth-order valence-corrected chi connectivity index (χ4v) is 1.70. The lowest BCUT2D eigenvalue weighted by Crippen LogP contribution is -2.04. The van der Waals surface area contributed by atoms with E-state index in [1.54, 1.807) is 0 Å². The molecule has 0 spiro atoms. The Kier molecular flexibility index (Phi) is 4.35. The molecule has 0 aliphatic rings. The standard InChI is InChI=1S/C10H13BrFNO2/c1-15-9-5-6(8(12)2-3-13)4-7(11)10(9)14/h4-5,8,14H,2-3,13H2,1H3. The summed E-state index contributed by atoms with van der Waals surface area (Å²) < 4.78 is 18.9. The monoisotopic (exact) mass is 277 g/mol. The van der Waals surface area contributed by atoms with Crippen molar-refractivity contribution in [3.8, 4) is 11.5 Å². The summed E-state index contributed by atoms with van der Waals surface area (Å²) >= 11 is 3.13. The van der Waals surface area contributed by atoms with Gasteiger partial charge in [0.1, 0.15) is 6.17 Å². The molecule has 0 saturated heterocycles. The normalized spacial score (nSPS) is 12.5. The van der Waals surface area contributed by atoms with Crippen LogP contribution in [0.2, 0.25) is 0 Å². The van der Waals surface area contributed by atoms with Crippen LogP contribution in [-0.4, -0.2) is 18.8 Å². The minimum absolute atomic E-state index is 0.0267. The van der Waals surface area contributed by atoms with Gasteiger partial charge in [0.2, 0.25) is 0 Å². The second-order valence-electron chi connectivity index (χ2n) is 3.10. The Labute approximate surface area is 96.2 Å². The van der Waals surface area contributed by atoms with E-state index in [4.69, 9.17) is 10.5 Å². The molecular weight excluding hydrogens is 265 g/mol. The number of nitrogens with two attached hydrogens (primary N) is 1. The van der Waals surface area contributed by atoms with Crippen molar-refractivity contribution in [3.63, 3.8) is 0 Å². The number of hydrogen-bond donors (Lipinski definition) is 2. The smallest absolute Gasteiger partial charge is 0.172 e. The quantitative estimate of drug-likeness (QED) is 0.889. The van der Waals surface area contributed by atoms with Gasteiger partial charge in [-0.2, -0.15) is 0 Å². The molecule has 15 heavy (non-hydrogen) atoms. The predicted molar refractivity (Wildman–Crippen MR) is 59.9 cm³/mol. The Balaban J connectivity index is 3.05. The van der Waals surface area contributed by atoms with Gasteiger partial charge in [-0.3, -0.25) is 0 Å². The molecule has 1 aromatic rings. The summed E-state index contributed by atoms with van der Waals surface area (Å²) in [6.07, 6.45) is -0.888. The van der Waals surface area contributed by atoms with Crippen molar-refractivity contribution >= 4 is 15.9 Å². The molecule has 1 unspecified atom stereocenters. The number of phenols is 1. The van der Waals surface area contributed by atoms with Gasteiger partial charge in [0.25, 0.3) is 0 Å². The zero-order chi connectivity index (χ0) is 11.4. The Morgan fingerprint density at radius 3 is 2.80 bits per heavy atom. The molecule has 1 atom stereocenters.